The van der Waals surface area contributed by atoms with Crippen molar-refractivity contribution >= 4 is 21.8 Å². The average Bonchev–Trinajstić information content (AvgIpc) is 2.26. The van der Waals surface area contributed by atoms with Crippen LogP contribution in [0.3, 0.4) is 0 Å². The number of morpholine rings is 1. The third kappa shape index (κ3) is 3.04. The predicted octanol–water partition coefficient (Wildman–Crippen LogP) is 2.09. The molecule has 2 atom stereocenters. The second kappa shape index (κ2) is 5.14. The van der Waals surface area contributed by atoms with Crippen LogP contribution >= 0.6 is 15.9 Å². The van der Waals surface area contributed by atoms with Gasteiger partial charge >= 0.3 is 0 Å². The molecule has 0 aromatic carbocycles. The van der Waals surface area contributed by atoms with Gasteiger partial charge in [-0.2, -0.15) is 0 Å². The molecule has 92 valence electrons. The summed E-state index contributed by atoms with van der Waals surface area (Å²) in [6, 6.07) is 3.48. The topological polar surface area (TPSA) is 42.4 Å². The number of nitrogens with zero attached hydrogens (tertiary/aromatic N) is 2. The van der Waals surface area contributed by atoms with Crippen molar-refractivity contribution in [2.24, 2.45) is 0 Å². The van der Waals surface area contributed by atoms with Crippen molar-refractivity contribution in [3.8, 4) is 0 Å². The number of hydrogen-bond donors (Lipinski definition) is 0. The summed E-state index contributed by atoms with van der Waals surface area (Å²) in [5.74, 6) is 0.0371. The number of ether oxygens (including phenoxy) is 1. The first-order valence-corrected chi connectivity index (χ1v) is 6.42. The molecule has 0 saturated carbocycles. The van der Waals surface area contributed by atoms with Crippen molar-refractivity contribution < 1.29 is 9.53 Å². The third-order valence-electron chi connectivity index (χ3n) is 2.68. The van der Waals surface area contributed by atoms with E-state index < -0.39 is 0 Å². The zero-order valence-electron chi connectivity index (χ0n) is 9.89. The van der Waals surface area contributed by atoms with Crippen LogP contribution in [0.5, 0.6) is 0 Å². The molecule has 1 amide bonds. The van der Waals surface area contributed by atoms with Crippen LogP contribution in [0.15, 0.2) is 22.9 Å². The summed E-state index contributed by atoms with van der Waals surface area (Å²) in [6.07, 6.45) is 1.81. The Morgan fingerprint density at radius 1 is 1.47 bits per heavy atom. The lowest BCUT2D eigenvalue weighted by Crippen LogP contribution is -2.48. The van der Waals surface area contributed by atoms with E-state index in [1.54, 1.807) is 18.3 Å². The molecular weight excluding hydrogens is 284 g/mol. The van der Waals surface area contributed by atoms with Crippen molar-refractivity contribution in [2.75, 3.05) is 13.1 Å². The lowest BCUT2D eigenvalue weighted by Gasteiger charge is -2.35. The summed E-state index contributed by atoms with van der Waals surface area (Å²) in [5.41, 5.74) is 0.660. The van der Waals surface area contributed by atoms with E-state index in [-0.39, 0.29) is 18.1 Å². The maximum absolute atomic E-state index is 12.3. The highest BCUT2D eigenvalue weighted by Gasteiger charge is 2.26. The highest BCUT2D eigenvalue weighted by Crippen LogP contribution is 2.15. The average molecular weight is 299 g/mol. The highest BCUT2D eigenvalue weighted by molar-refractivity contribution is 9.10. The monoisotopic (exact) mass is 298 g/mol. The van der Waals surface area contributed by atoms with Crippen molar-refractivity contribution in [1.82, 2.24) is 9.88 Å². The summed E-state index contributed by atoms with van der Waals surface area (Å²) in [7, 11) is 0. The fourth-order valence-electron chi connectivity index (χ4n) is 2.06. The van der Waals surface area contributed by atoms with Gasteiger partial charge in [0.25, 0.3) is 5.91 Å². The number of amides is 1. The van der Waals surface area contributed by atoms with Gasteiger partial charge in [-0.3, -0.25) is 4.79 Å². The van der Waals surface area contributed by atoms with Gasteiger partial charge < -0.3 is 9.64 Å². The zero-order chi connectivity index (χ0) is 12.4. The molecule has 1 aromatic rings. The van der Waals surface area contributed by atoms with E-state index in [0.29, 0.717) is 23.3 Å². The molecule has 0 spiro atoms. The van der Waals surface area contributed by atoms with Crippen LogP contribution in [0.4, 0.5) is 0 Å². The van der Waals surface area contributed by atoms with Gasteiger partial charge in [0.05, 0.1) is 12.2 Å². The largest absolute Gasteiger partial charge is 0.372 e. The second-order valence-electron chi connectivity index (χ2n) is 4.33. The third-order valence-corrected chi connectivity index (χ3v) is 3.11. The van der Waals surface area contributed by atoms with E-state index in [9.17, 15) is 4.79 Å². The lowest BCUT2D eigenvalue weighted by molar-refractivity contribution is -0.0586. The van der Waals surface area contributed by atoms with E-state index in [4.69, 9.17) is 4.74 Å². The Labute approximate surface area is 109 Å². The fraction of sp³-hybridized carbons (Fsp3) is 0.500. The van der Waals surface area contributed by atoms with E-state index in [1.165, 1.54) is 0 Å². The molecule has 2 rings (SSSR count). The Morgan fingerprint density at radius 3 is 2.71 bits per heavy atom. The Balaban J connectivity index is 2.14. The zero-order valence-corrected chi connectivity index (χ0v) is 11.5. The van der Waals surface area contributed by atoms with E-state index in [0.717, 1.165) is 0 Å². The van der Waals surface area contributed by atoms with E-state index in [2.05, 4.69) is 20.9 Å². The van der Waals surface area contributed by atoms with Crippen molar-refractivity contribution in [1.29, 1.82) is 0 Å². The molecule has 1 aromatic heterocycles. The normalized spacial score (nSPS) is 24.8. The summed E-state index contributed by atoms with van der Waals surface area (Å²) in [4.78, 5) is 18.1. The van der Waals surface area contributed by atoms with Gasteiger partial charge in [0.1, 0.15) is 4.60 Å². The molecule has 2 heterocycles. The number of halogens is 1. The molecule has 0 bridgehead atoms. The molecule has 0 radical (unpaired) electrons. The summed E-state index contributed by atoms with van der Waals surface area (Å²) in [6.45, 7) is 5.25. The van der Waals surface area contributed by atoms with Crippen molar-refractivity contribution in [3.63, 3.8) is 0 Å². The number of carbonyl (C=O) groups excluding carboxylic acids is 1. The molecule has 1 fully saturated rings. The van der Waals surface area contributed by atoms with Gasteiger partial charge in [0, 0.05) is 24.8 Å². The van der Waals surface area contributed by atoms with Crippen LogP contribution < -0.4 is 0 Å². The molecule has 1 aliphatic rings. The van der Waals surface area contributed by atoms with E-state index >= 15 is 0 Å². The predicted molar refractivity (Wildman–Crippen MR) is 67.8 cm³/mol. The number of carbonyl (C=O) groups is 1. The summed E-state index contributed by atoms with van der Waals surface area (Å²) < 4.78 is 6.29. The summed E-state index contributed by atoms with van der Waals surface area (Å²) in [5, 5.41) is 0. The van der Waals surface area contributed by atoms with Gasteiger partial charge in [-0.05, 0) is 41.9 Å². The van der Waals surface area contributed by atoms with Crippen molar-refractivity contribution in [3.05, 3.63) is 28.5 Å². The van der Waals surface area contributed by atoms with Gasteiger partial charge in [0.2, 0.25) is 0 Å². The molecule has 1 aliphatic heterocycles. The standard InChI is InChI=1S/C12H15BrN2O2/c1-8-6-15(7-9(2)17-8)12(16)10-3-4-14-11(13)5-10/h3-5,8-9H,6-7H2,1-2H3. The molecule has 1 saturated heterocycles. The number of hydrogen-bond acceptors (Lipinski definition) is 3. The number of rotatable bonds is 1. The van der Waals surface area contributed by atoms with Crippen LogP contribution in [0.2, 0.25) is 0 Å². The Hall–Kier alpha value is -0.940. The van der Waals surface area contributed by atoms with Gasteiger partial charge in [-0.1, -0.05) is 0 Å². The Bertz CT molecular complexity index is 415. The van der Waals surface area contributed by atoms with Crippen LogP contribution in [0.25, 0.3) is 0 Å². The minimum atomic E-state index is 0.0371. The molecule has 0 aliphatic carbocycles. The van der Waals surface area contributed by atoms with Crippen LogP contribution in [0, 0.1) is 0 Å². The smallest absolute Gasteiger partial charge is 0.254 e. The highest BCUT2D eigenvalue weighted by atomic mass is 79.9. The maximum atomic E-state index is 12.3. The molecule has 17 heavy (non-hydrogen) atoms. The first-order chi connectivity index (χ1) is 8.06. The van der Waals surface area contributed by atoms with Crippen LogP contribution in [-0.2, 0) is 4.74 Å². The summed E-state index contributed by atoms with van der Waals surface area (Å²) >= 11 is 3.27. The van der Waals surface area contributed by atoms with Gasteiger partial charge in [-0.15, -0.1) is 0 Å². The minimum Gasteiger partial charge on any atom is -0.372 e. The fourth-order valence-corrected chi connectivity index (χ4v) is 2.43. The molecule has 2 unspecified atom stereocenters. The van der Waals surface area contributed by atoms with Crippen LogP contribution in [0.1, 0.15) is 24.2 Å². The van der Waals surface area contributed by atoms with Crippen molar-refractivity contribution in [2.45, 2.75) is 26.1 Å². The molecular formula is C12H15BrN2O2. The Kier molecular flexibility index (Phi) is 3.79. The van der Waals surface area contributed by atoms with Gasteiger partial charge in [-0.25, -0.2) is 4.98 Å². The second-order valence-corrected chi connectivity index (χ2v) is 5.15. The quantitative estimate of drug-likeness (QED) is 0.746. The van der Waals surface area contributed by atoms with Crippen LogP contribution in [-0.4, -0.2) is 41.1 Å². The first kappa shape index (κ1) is 12.5. The minimum absolute atomic E-state index is 0.0371. The van der Waals surface area contributed by atoms with E-state index in [1.807, 2.05) is 18.7 Å². The molecule has 0 N–H and O–H groups in total. The Morgan fingerprint density at radius 2 is 2.12 bits per heavy atom. The maximum Gasteiger partial charge on any atom is 0.254 e. The van der Waals surface area contributed by atoms with Gasteiger partial charge in [0.15, 0.2) is 0 Å². The number of aromatic nitrogens is 1. The lowest BCUT2D eigenvalue weighted by atomic mass is 10.2. The number of pyridine rings is 1. The molecule has 4 nitrogen and oxygen atoms in total. The molecule has 5 heteroatoms. The SMILES string of the molecule is CC1CN(C(=O)c2ccnc(Br)c2)CC(C)O1. The first-order valence-electron chi connectivity index (χ1n) is 5.62.